The van der Waals surface area contributed by atoms with Gasteiger partial charge in [0.2, 0.25) is 0 Å². The molecule has 2 aromatic rings. The molecule has 3 rings (SSSR count). The first kappa shape index (κ1) is 18.0. The van der Waals surface area contributed by atoms with E-state index >= 15 is 0 Å². The maximum absolute atomic E-state index is 6.10. The van der Waals surface area contributed by atoms with Gasteiger partial charge in [-0.2, -0.15) is 5.10 Å². The second-order valence-electron chi connectivity index (χ2n) is 5.31. The summed E-state index contributed by atoms with van der Waals surface area (Å²) in [5.74, 6) is 0.627. The van der Waals surface area contributed by atoms with Crippen LogP contribution in [0.25, 0.3) is 0 Å². The lowest BCUT2D eigenvalue weighted by Gasteiger charge is -2.35. The molecule has 9 heteroatoms. The molecule has 1 fully saturated rings. The molecule has 1 saturated heterocycles. The van der Waals surface area contributed by atoms with E-state index in [1.165, 1.54) is 0 Å². The third kappa shape index (κ3) is 4.80. The Morgan fingerprint density at radius 3 is 2.74 bits per heavy atom. The van der Waals surface area contributed by atoms with Crippen molar-refractivity contribution >= 4 is 46.4 Å². The average molecular weight is 447 g/mol. The molecule has 0 unspecified atom stereocenters. The molecule has 0 aromatic carbocycles. The highest BCUT2D eigenvalue weighted by atomic mass is 127. The predicted molar refractivity (Wildman–Crippen MR) is 105 cm³/mol. The van der Waals surface area contributed by atoms with Crippen LogP contribution in [0.1, 0.15) is 5.56 Å². The zero-order valence-electron chi connectivity index (χ0n) is 13.1. The average Bonchev–Trinajstić information content (AvgIpc) is 3.19. The van der Waals surface area contributed by atoms with Gasteiger partial charge < -0.3 is 15.5 Å². The lowest BCUT2D eigenvalue weighted by atomic mass is 10.3. The first-order valence-electron chi connectivity index (χ1n) is 7.41. The Hall–Kier alpha value is -1.36. The van der Waals surface area contributed by atoms with Crippen LogP contribution in [0.4, 0.5) is 5.13 Å². The molecule has 1 aliphatic heterocycles. The summed E-state index contributed by atoms with van der Waals surface area (Å²) in [6.07, 6.45) is 5.71. The van der Waals surface area contributed by atoms with Gasteiger partial charge in [-0.25, -0.2) is 4.98 Å². The van der Waals surface area contributed by atoms with Gasteiger partial charge in [0.25, 0.3) is 0 Å². The van der Waals surface area contributed by atoms with Crippen molar-refractivity contribution < 1.29 is 0 Å². The summed E-state index contributed by atoms with van der Waals surface area (Å²) in [6.45, 7) is 7.08. The van der Waals surface area contributed by atoms with E-state index in [1.54, 1.807) is 11.3 Å². The number of piperazine rings is 1. The summed E-state index contributed by atoms with van der Waals surface area (Å²) < 4.78 is 1.90. The van der Waals surface area contributed by atoms with Crippen LogP contribution >= 0.6 is 35.3 Å². The van der Waals surface area contributed by atoms with Gasteiger partial charge in [-0.05, 0) is 12.5 Å². The molecule has 2 N–H and O–H groups in total. The molecule has 0 aliphatic carbocycles. The van der Waals surface area contributed by atoms with Crippen LogP contribution in [-0.4, -0.2) is 58.3 Å². The summed E-state index contributed by atoms with van der Waals surface area (Å²) in [5, 5.41) is 7.34. The number of aryl methyl sites for hydroxylation is 1. The van der Waals surface area contributed by atoms with Crippen LogP contribution in [0, 0.1) is 6.92 Å². The number of aliphatic imine (C=N–C) groups is 1. The van der Waals surface area contributed by atoms with Crippen LogP contribution in [0.5, 0.6) is 0 Å². The number of nitrogens with two attached hydrogens (primary N) is 1. The molecular formula is C14H22IN7S. The predicted octanol–water partition coefficient (Wildman–Crippen LogP) is 1.40. The quantitative estimate of drug-likeness (QED) is 0.436. The second kappa shape index (κ2) is 8.48. The number of thiazole rings is 1. The molecule has 1 aliphatic rings. The van der Waals surface area contributed by atoms with E-state index in [9.17, 15) is 0 Å². The van der Waals surface area contributed by atoms with Crippen molar-refractivity contribution in [2.24, 2.45) is 10.7 Å². The number of aromatic nitrogens is 3. The monoisotopic (exact) mass is 447 g/mol. The smallest absolute Gasteiger partial charge is 0.191 e. The third-order valence-electron chi connectivity index (χ3n) is 3.66. The van der Waals surface area contributed by atoms with Gasteiger partial charge in [-0.15, -0.1) is 35.3 Å². The van der Waals surface area contributed by atoms with E-state index < -0.39 is 0 Å². The second-order valence-corrected chi connectivity index (χ2v) is 6.18. The van der Waals surface area contributed by atoms with Gasteiger partial charge in [-0.3, -0.25) is 9.67 Å². The number of halogens is 1. The van der Waals surface area contributed by atoms with Gasteiger partial charge in [0.1, 0.15) is 0 Å². The van der Waals surface area contributed by atoms with E-state index in [0.717, 1.165) is 43.4 Å². The molecule has 0 amide bonds. The zero-order chi connectivity index (χ0) is 15.4. The highest BCUT2D eigenvalue weighted by Crippen LogP contribution is 2.18. The minimum absolute atomic E-state index is 0. The molecule has 7 nitrogen and oxygen atoms in total. The van der Waals surface area contributed by atoms with Gasteiger partial charge in [0.15, 0.2) is 11.1 Å². The van der Waals surface area contributed by atoms with Gasteiger partial charge in [-0.1, -0.05) is 0 Å². The summed E-state index contributed by atoms with van der Waals surface area (Å²) in [7, 11) is 0. The maximum Gasteiger partial charge on any atom is 0.191 e. The Kier molecular flexibility index (Phi) is 6.63. The molecule has 3 heterocycles. The largest absolute Gasteiger partial charge is 0.370 e. The molecule has 0 atom stereocenters. The summed E-state index contributed by atoms with van der Waals surface area (Å²) in [5.41, 5.74) is 7.26. The standard InChI is InChI=1S/C14H21N7S.HI/c1-12-10-18-21(11-12)4-2-16-13(15)19-5-7-20(8-6-19)14-17-3-9-22-14;/h3,9-11H,2,4-8H2,1H3,(H2,15,16);1H. The van der Waals surface area contributed by atoms with Crippen molar-refractivity contribution in [1.29, 1.82) is 0 Å². The Balaban J connectivity index is 0.00000192. The number of nitrogens with zero attached hydrogens (tertiary/aromatic N) is 6. The molecule has 0 saturated carbocycles. The molecular weight excluding hydrogens is 425 g/mol. The first-order chi connectivity index (χ1) is 10.7. The van der Waals surface area contributed by atoms with Gasteiger partial charge in [0, 0.05) is 44.0 Å². The van der Waals surface area contributed by atoms with Crippen LogP contribution in [0.2, 0.25) is 0 Å². The first-order valence-corrected chi connectivity index (χ1v) is 8.29. The highest BCUT2D eigenvalue weighted by Gasteiger charge is 2.19. The fraction of sp³-hybridized carbons (Fsp3) is 0.500. The lowest BCUT2D eigenvalue weighted by molar-refractivity contribution is 0.380. The van der Waals surface area contributed by atoms with Crippen molar-refractivity contribution in [2.45, 2.75) is 13.5 Å². The molecule has 126 valence electrons. The number of rotatable bonds is 4. The zero-order valence-corrected chi connectivity index (χ0v) is 16.3. The van der Waals surface area contributed by atoms with Crippen molar-refractivity contribution in [2.75, 3.05) is 37.6 Å². The topological polar surface area (TPSA) is 75.6 Å². The normalized spacial score (nSPS) is 15.6. The number of anilines is 1. The summed E-state index contributed by atoms with van der Waals surface area (Å²) in [4.78, 5) is 13.2. The summed E-state index contributed by atoms with van der Waals surface area (Å²) >= 11 is 1.68. The molecule has 2 aromatic heterocycles. The van der Waals surface area contributed by atoms with Gasteiger partial charge >= 0.3 is 0 Å². The summed E-state index contributed by atoms with van der Waals surface area (Å²) in [6, 6.07) is 0. The minimum atomic E-state index is 0. The van der Waals surface area contributed by atoms with Crippen LogP contribution in [0.3, 0.4) is 0 Å². The maximum atomic E-state index is 6.10. The lowest BCUT2D eigenvalue weighted by Crippen LogP contribution is -2.51. The SMILES string of the molecule is Cc1cnn(CCN=C(N)N2CCN(c3nccs3)CC2)c1.I. The van der Waals surface area contributed by atoms with Crippen LogP contribution < -0.4 is 10.6 Å². The molecule has 0 bridgehead atoms. The van der Waals surface area contributed by atoms with Gasteiger partial charge in [0.05, 0.1) is 19.3 Å². The van der Waals surface area contributed by atoms with E-state index in [4.69, 9.17) is 5.73 Å². The third-order valence-corrected chi connectivity index (χ3v) is 4.49. The van der Waals surface area contributed by atoms with E-state index in [2.05, 4.69) is 24.9 Å². The highest BCUT2D eigenvalue weighted by molar-refractivity contribution is 14.0. The number of guanidine groups is 1. The Bertz CT molecular complexity index is 617. The van der Waals surface area contributed by atoms with Crippen molar-refractivity contribution in [3.8, 4) is 0 Å². The van der Waals surface area contributed by atoms with E-state index in [1.807, 2.05) is 35.6 Å². The Labute approximate surface area is 157 Å². The molecule has 0 radical (unpaired) electrons. The van der Waals surface area contributed by atoms with Crippen molar-refractivity contribution in [3.05, 3.63) is 29.5 Å². The Morgan fingerprint density at radius 1 is 1.35 bits per heavy atom. The van der Waals surface area contributed by atoms with Crippen LogP contribution in [0.15, 0.2) is 29.0 Å². The van der Waals surface area contributed by atoms with Crippen molar-refractivity contribution in [1.82, 2.24) is 19.7 Å². The van der Waals surface area contributed by atoms with Crippen molar-refractivity contribution in [3.63, 3.8) is 0 Å². The number of hydrogen-bond donors (Lipinski definition) is 1. The minimum Gasteiger partial charge on any atom is -0.370 e. The Morgan fingerprint density at radius 2 is 2.13 bits per heavy atom. The molecule has 23 heavy (non-hydrogen) atoms. The fourth-order valence-electron chi connectivity index (χ4n) is 2.46. The number of hydrogen-bond acceptors (Lipinski definition) is 5. The van der Waals surface area contributed by atoms with E-state index in [-0.39, 0.29) is 24.0 Å². The van der Waals surface area contributed by atoms with E-state index in [0.29, 0.717) is 12.5 Å². The van der Waals surface area contributed by atoms with Crippen LogP contribution in [-0.2, 0) is 6.54 Å². The molecule has 0 spiro atoms. The fourth-order valence-corrected chi connectivity index (χ4v) is 3.15.